The number of thiazole rings is 1. The van der Waals surface area contributed by atoms with Crippen molar-refractivity contribution in [2.24, 2.45) is 0 Å². The molecule has 0 amide bonds. The largest absolute Gasteiger partial charge is 0.304 e. The number of pyridine rings is 1. The van der Waals surface area contributed by atoms with Gasteiger partial charge in [0.05, 0.1) is 6.04 Å². The van der Waals surface area contributed by atoms with Gasteiger partial charge in [-0.15, -0.1) is 11.3 Å². The van der Waals surface area contributed by atoms with E-state index in [0.717, 1.165) is 16.3 Å². The van der Waals surface area contributed by atoms with Crippen molar-refractivity contribution in [3.8, 4) is 0 Å². The van der Waals surface area contributed by atoms with Crippen molar-refractivity contribution in [2.45, 2.75) is 26.4 Å². The zero-order chi connectivity index (χ0) is 13.1. The van der Waals surface area contributed by atoms with Crippen LogP contribution in [0.5, 0.6) is 0 Å². The van der Waals surface area contributed by atoms with E-state index in [9.17, 15) is 0 Å². The van der Waals surface area contributed by atoms with Crippen molar-refractivity contribution in [1.82, 2.24) is 15.3 Å². The molecular formula is C12H13Cl2N3S. The Balaban J connectivity index is 1.99. The van der Waals surface area contributed by atoms with Crippen LogP contribution in [0.4, 0.5) is 0 Å². The lowest BCUT2D eigenvalue weighted by Crippen LogP contribution is -2.18. The van der Waals surface area contributed by atoms with Crippen molar-refractivity contribution in [2.75, 3.05) is 0 Å². The van der Waals surface area contributed by atoms with Crippen molar-refractivity contribution in [3.05, 3.63) is 44.1 Å². The Labute approximate surface area is 120 Å². The van der Waals surface area contributed by atoms with Crippen LogP contribution in [0, 0.1) is 6.92 Å². The van der Waals surface area contributed by atoms with Gasteiger partial charge in [-0.2, -0.15) is 0 Å². The van der Waals surface area contributed by atoms with E-state index in [4.69, 9.17) is 23.2 Å². The highest BCUT2D eigenvalue weighted by Gasteiger charge is 2.10. The van der Waals surface area contributed by atoms with Gasteiger partial charge in [0.25, 0.3) is 0 Å². The molecule has 2 rings (SSSR count). The van der Waals surface area contributed by atoms with E-state index >= 15 is 0 Å². The molecule has 0 aliphatic heterocycles. The quantitative estimate of drug-likeness (QED) is 0.867. The first-order chi connectivity index (χ1) is 8.56. The van der Waals surface area contributed by atoms with Crippen LogP contribution in [0.2, 0.25) is 10.3 Å². The molecule has 3 nitrogen and oxygen atoms in total. The summed E-state index contributed by atoms with van der Waals surface area (Å²) in [6.07, 6.45) is 0. The van der Waals surface area contributed by atoms with Gasteiger partial charge in [-0.3, -0.25) is 0 Å². The Morgan fingerprint density at radius 3 is 2.72 bits per heavy atom. The van der Waals surface area contributed by atoms with Crippen molar-refractivity contribution in [1.29, 1.82) is 0 Å². The van der Waals surface area contributed by atoms with Gasteiger partial charge in [0.15, 0.2) is 0 Å². The normalized spacial score (nSPS) is 12.7. The van der Waals surface area contributed by atoms with Crippen molar-refractivity contribution in [3.63, 3.8) is 0 Å². The van der Waals surface area contributed by atoms with Gasteiger partial charge in [-0.1, -0.05) is 29.3 Å². The predicted molar refractivity (Wildman–Crippen MR) is 76.4 cm³/mol. The summed E-state index contributed by atoms with van der Waals surface area (Å²) in [5.74, 6) is 0. The lowest BCUT2D eigenvalue weighted by molar-refractivity contribution is 0.570. The first-order valence-corrected chi connectivity index (χ1v) is 7.16. The van der Waals surface area contributed by atoms with Gasteiger partial charge in [-0.05, 0) is 19.9 Å². The van der Waals surface area contributed by atoms with Crippen molar-refractivity contribution < 1.29 is 0 Å². The number of aryl methyl sites for hydroxylation is 1. The summed E-state index contributed by atoms with van der Waals surface area (Å²) in [6, 6.07) is 3.81. The number of hydrogen-bond acceptors (Lipinski definition) is 4. The summed E-state index contributed by atoms with van der Waals surface area (Å²) < 4.78 is 0. The lowest BCUT2D eigenvalue weighted by atomic mass is 10.2. The van der Waals surface area contributed by atoms with Gasteiger partial charge in [-0.25, -0.2) is 9.97 Å². The van der Waals surface area contributed by atoms with Crippen LogP contribution in [0.25, 0.3) is 0 Å². The molecule has 0 fully saturated rings. The Bertz CT molecular complexity index is 542. The summed E-state index contributed by atoms with van der Waals surface area (Å²) >= 11 is 13.4. The zero-order valence-corrected chi connectivity index (χ0v) is 12.4. The fourth-order valence-corrected chi connectivity index (χ4v) is 2.73. The molecule has 2 aromatic heterocycles. The highest BCUT2D eigenvalue weighted by molar-refractivity contribution is 7.09. The van der Waals surface area contributed by atoms with Gasteiger partial charge in [0.2, 0.25) is 0 Å². The molecule has 0 saturated heterocycles. The molecule has 1 unspecified atom stereocenters. The molecule has 0 saturated carbocycles. The second kappa shape index (κ2) is 5.97. The van der Waals surface area contributed by atoms with E-state index in [2.05, 4.69) is 22.2 Å². The molecule has 96 valence electrons. The third-order valence-corrected chi connectivity index (χ3v) is 4.18. The number of halogens is 2. The molecule has 0 bridgehead atoms. The third kappa shape index (κ3) is 3.42. The zero-order valence-electron chi connectivity index (χ0n) is 10.1. The summed E-state index contributed by atoms with van der Waals surface area (Å²) in [4.78, 5) is 8.45. The van der Waals surface area contributed by atoms with E-state index in [-0.39, 0.29) is 6.04 Å². The highest BCUT2D eigenvalue weighted by Crippen LogP contribution is 2.20. The van der Waals surface area contributed by atoms with Crippen LogP contribution in [0.15, 0.2) is 17.5 Å². The highest BCUT2D eigenvalue weighted by atomic mass is 35.5. The fourth-order valence-electron chi connectivity index (χ4n) is 1.49. The second-order valence-electron chi connectivity index (χ2n) is 4.01. The maximum absolute atomic E-state index is 6.01. The summed E-state index contributed by atoms with van der Waals surface area (Å²) in [6.45, 7) is 4.71. The molecule has 1 N–H and O–H groups in total. The van der Waals surface area contributed by atoms with E-state index in [0.29, 0.717) is 16.9 Å². The second-order valence-corrected chi connectivity index (χ2v) is 5.65. The van der Waals surface area contributed by atoms with Crippen LogP contribution < -0.4 is 5.32 Å². The number of nitrogens with zero attached hydrogens (tertiary/aromatic N) is 2. The van der Waals surface area contributed by atoms with Crippen molar-refractivity contribution >= 4 is 34.5 Å². The van der Waals surface area contributed by atoms with Gasteiger partial charge in [0, 0.05) is 23.2 Å². The molecule has 0 radical (unpaired) electrons. The molecule has 2 aromatic rings. The van der Waals surface area contributed by atoms with E-state index in [1.807, 2.05) is 18.4 Å². The molecule has 6 heteroatoms. The van der Waals surface area contributed by atoms with E-state index in [1.54, 1.807) is 17.4 Å². The average molecular weight is 302 g/mol. The average Bonchev–Trinajstić information content (AvgIpc) is 2.74. The minimum absolute atomic E-state index is 0.190. The Morgan fingerprint density at radius 1 is 1.33 bits per heavy atom. The Kier molecular flexibility index (Phi) is 4.56. The SMILES string of the molecule is Cc1csc(C(C)NCc2ccc(Cl)nc2Cl)n1. The van der Waals surface area contributed by atoms with Gasteiger partial charge < -0.3 is 5.32 Å². The smallest absolute Gasteiger partial charge is 0.135 e. The number of rotatable bonds is 4. The first kappa shape index (κ1) is 13.7. The van der Waals surface area contributed by atoms with Crippen LogP contribution in [-0.4, -0.2) is 9.97 Å². The number of aromatic nitrogens is 2. The topological polar surface area (TPSA) is 37.8 Å². The van der Waals surface area contributed by atoms with Crippen LogP contribution >= 0.6 is 34.5 Å². The van der Waals surface area contributed by atoms with E-state index in [1.165, 1.54) is 0 Å². The Morgan fingerprint density at radius 2 is 2.11 bits per heavy atom. The molecule has 0 aliphatic rings. The number of hydrogen-bond donors (Lipinski definition) is 1. The molecule has 0 spiro atoms. The first-order valence-electron chi connectivity index (χ1n) is 5.52. The standard InChI is InChI=1S/C12H13Cl2N3S/c1-7-6-18-12(16-7)8(2)15-5-9-3-4-10(13)17-11(9)14/h3-4,6,8,15H,5H2,1-2H3. The monoisotopic (exact) mass is 301 g/mol. The summed E-state index contributed by atoms with van der Waals surface area (Å²) in [5, 5.41) is 7.34. The molecule has 0 aromatic carbocycles. The van der Waals surface area contributed by atoms with Crippen LogP contribution in [0.1, 0.15) is 29.2 Å². The van der Waals surface area contributed by atoms with Crippen LogP contribution in [0.3, 0.4) is 0 Å². The summed E-state index contributed by atoms with van der Waals surface area (Å²) in [5.41, 5.74) is 1.98. The Hall–Kier alpha value is -0.680. The molecule has 1 atom stereocenters. The lowest BCUT2D eigenvalue weighted by Gasteiger charge is -2.11. The molecular weight excluding hydrogens is 289 g/mol. The predicted octanol–water partition coefficient (Wildman–Crippen LogP) is 4.00. The van der Waals surface area contributed by atoms with Crippen LogP contribution in [-0.2, 0) is 6.54 Å². The molecule has 2 heterocycles. The fraction of sp³-hybridized carbons (Fsp3) is 0.333. The maximum atomic E-state index is 6.01. The molecule has 18 heavy (non-hydrogen) atoms. The minimum Gasteiger partial charge on any atom is -0.304 e. The van der Waals surface area contributed by atoms with Gasteiger partial charge in [0.1, 0.15) is 15.3 Å². The maximum Gasteiger partial charge on any atom is 0.135 e. The van der Waals surface area contributed by atoms with Gasteiger partial charge >= 0.3 is 0 Å². The van der Waals surface area contributed by atoms with E-state index < -0.39 is 0 Å². The number of nitrogens with one attached hydrogen (secondary N) is 1. The summed E-state index contributed by atoms with van der Waals surface area (Å²) in [7, 11) is 0. The minimum atomic E-state index is 0.190. The third-order valence-electron chi connectivity index (χ3n) is 2.50. The molecule has 0 aliphatic carbocycles.